The Morgan fingerprint density at radius 2 is 1.67 bits per heavy atom. The lowest BCUT2D eigenvalue weighted by Crippen LogP contribution is -2.41. The molecule has 0 saturated heterocycles. The lowest BCUT2D eigenvalue weighted by atomic mass is 9.79. The summed E-state index contributed by atoms with van der Waals surface area (Å²) < 4.78 is 0. The zero-order valence-electron chi connectivity index (χ0n) is 14.1. The summed E-state index contributed by atoms with van der Waals surface area (Å²) in [5.74, 6) is 0. The van der Waals surface area contributed by atoms with Gasteiger partial charge in [0.2, 0.25) is 0 Å². The summed E-state index contributed by atoms with van der Waals surface area (Å²) in [6.45, 7) is 5.58. The largest absolute Gasteiger partial charge is 0.319 e. The second-order valence-corrected chi connectivity index (χ2v) is 7.10. The van der Waals surface area contributed by atoms with Gasteiger partial charge >= 0.3 is 0 Å². The van der Waals surface area contributed by atoms with Crippen LogP contribution in [-0.2, 0) is 6.54 Å². The van der Waals surface area contributed by atoms with Gasteiger partial charge in [0.1, 0.15) is 0 Å². The van der Waals surface area contributed by atoms with Gasteiger partial charge < -0.3 is 10.2 Å². The molecule has 0 aromatic heterocycles. The third-order valence-electron chi connectivity index (χ3n) is 4.89. The number of nitrogens with one attached hydrogen (secondary N) is 1. The van der Waals surface area contributed by atoms with Crippen molar-refractivity contribution in [2.45, 2.75) is 52.0 Å². The standard InChI is InChI=1S/C19H32N2/c1-17-8-10-18(11-9-17)14-21(3)16-19(15-20-2)12-6-4-5-7-13-19/h8-11,20H,4-7,12-16H2,1-3H3. The Balaban J connectivity index is 1.96. The zero-order chi connectivity index (χ0) is 15.1. The molecule has 0 heterocycles. The monoisotopic (exact) mass is 288 g/mol. The fourth-order valence-electron chi connectivity index (χ4n) is 3.88. The molecule has 1 aliphatic carbocycles. The molecule has 2 nitrogen and oxygen atoms in total. The molecule has 1 N–H and O–H groups in total. The zero-order valence-corrected chi connectivity index (χ0v) is 14.1. The highest BCUT2D eigenvalue weighted by Crippen LogP contribution is 2.35. The van der Waals surface area contributed by atoms with Gasteiger partial charge in [-0.3, -0.25) is 0 Å². The highest BCUT2D eigenvalue weighted by atomic mass is 15.1. The average molecular weight is 288 g/mol. The van der Waals surface area contributed by atoms with Crippen LogP contribution in [0.1, 0.15) is 49.7 Å². The van der Waals surface area contributed by atoms with Crippen molar-refractivity contribution < 1.29 is 0 Å². The SMILES string of the molecule is CNCC1(CN(C)Cc2ccc(C)cc2)CCCCCC1. The van der Waals surface area contributed by atoms with Gasteiger partial charge in [-0.05, 0) is 44.8 Å². The van der Waals surface area contributed by atoms with Crippen LogP contribution in [0.15, 0.2) is 24.3 Å². The van der Waals surface area contributed by atoms with Crippen molar-refractivity contribution in [1.82, 2.24) is 10.2 Å². The number of aryl methyl sites for hydroxylation is 1. The van der Waals surface area contributed by atoms with Gasteiger partial charge in [-0.1, -0.05) is 55.5 Å². The van der Waals surface area contributed by atoms with Gasteiger partial charge in [-0.15, -0.1) is 0 Å². The van der Waals surface area contributed by atoms with Gasteiger partial charge in [-0.25, -0.2) is 0 Å². The summed E-state index contributed by atoms with van der Waals surface area (Å²) in [7, 11) is 4.38. The quantitative estimate of drug-likeness (QED) is 0.796. The molecule has 2 heteroatoms. The molecule has 1 aliphatic rings. The Morgan fingerprint density at radius 1 is 1.05 bits per heavy atom. The van der Waals surface area contributed by atoms with Crippen molar-refractivity contribution in [3.05, 3.63) is 35.4 Å². The predicted molar refractivity (Wildman–Crippen MR) is 91.6 cm³/mol. The third kappa shape index (κ3) is 5.12. The van der Waals surface area contributed by atoms with E-state index in [9.17, 15) is 0 Å². The smallest absolute Gasteiger partial charge is 0.0230 e. The number of hydrogen-bond acceptors (Lipinski definition) is 2. The molecule has 0 bridgehead atoms. The van der Waals surface area contributed by atoms with Crippen molar-refractivity contribution in [2.24, 2.45) is 5.41 Å². The van der Waals surface area contributed by atoms with Crippen LogP contribution in [0.2, 0.25) is 0 Å². The molecule has 118 valence electrons. The lowest BCUT2D eigenvalue weighted by Gasteiger charge is -2.36. The second-order valence-electron chi connectivity index (χ2n) is 7.10. The first-order valence-corrected chi connectivity index (χ1v) is 8.52. The van der Waals surface area contributed by atoms with E-state index in [1.807, 2.05) is 0 Å². The molecule has 0 amide bonds. The van der Waals surface area contributed by atoms with Crippen LogP contribution >= 0.6 is 0 Å². The minimum Gasteiger partial charge on any atom is -0.319 e. The molecule has 1 aromatic rings. The molecule has 1 saturated carbocycles. The van der Waals surface area contributed by atoms with E-state index in [0.29, 0.717) is 5.41 Å². The van der Waals surface area contributed by atoms with E-state index < -0.39 is 0 Å². The summed E-state index contributed by atoms with van der Waals surface area (Å²) >= 11 is 0. The average Bonchev–Trinajstić information content (AvgIpc) is 2.67. The van der Waals surface area contributed by atoms with Crippen molar-refractivity contribution >= 4 is 0 Å². The van der Waals surface area contributed by atoms with E-state index in [0.717, 1.165) is 13.1 Å². The van der Waals surface area contributed by atoms with Crippen LogP contribution in [0, 0.1) is 12.3 Å². The maximum absolute atomic E-state index is 3.46. The van der Waals surface area contributed by atoms with Gasteiger partial charge in [0, 0.05) is 19.6 Å². The fourth-order valence-corrected chi connectivity index (χ4v) is 3.88. The summed E-state index contributed by atoms with van der Waals surface area (Å²) in [4.78, 5) is 2.52. The minimum atomic E-state index is 0.477. The van der Waals surface area contributed by atoms with Gasteiger partial charge in [0.05, 0.1) is 0 Å². The second kappa shape index (κ2) is 7.95. The Bertz CT molecular complexity index is 402. The van der Waals surface area contributed by atoms with Crippen molar-refractivity contribution in [1.29, 1.82) is 0 Å². The van der Waals surface area contributed by atoms with Gasteiger partial charge in [0.15, 0.2) is 0 Å². The summed E-state index contributed by atoms with van der Waals surface area (Å²) in [6.07, 6.45) is 8.42. The van der Waals surface area contributed by atoms with Crippen LogP contribution in [0.25, 0.3) is 0 Å². The fraction of sp³-hybridized carbons (Fsp3) is 0.684. The molecule has 0 aliphatic heterocycles. The topological polar surface area (TPSA) is 15.3 Å². The lowest BCUT2D eigenvalue weighted by molar-refractivity contribution is 0.144. The molecule has 21 heavy (non-hydrogen) atoms. The van der Waals surface area contributed by atoms with Crippen molar-refractivity contribution in [3.8, 4) is 0 Å². The number of benzene rings is 1. The predicted octanol–water partition coefficient (Wildman–Crippen LogP) is 3.99. The van der Waals surface area contributed by atoms with Crippen LogP contribution in [0.4, 0.5) is 0 Å². The molecule has 0 unspecified atom stereocenters. The number of hydrogen-bond donors (Lipinski definition) is 1. The van der Waals surface area contributed by atoms with Crippen molar-refractivity contribution in [2.75, 3.05) is 27.2 Å². The summed E-state index contributed by atoms with van der Waals surface area (Å²) in [5, 5.41) is 3.46. The third-order valence-corrected chi connectivity index (χ3v) is 4.89. The van der Waals surface area contributed by atoms with Crippen molar-refractivity contribution in [3.63, 3.8) is 0 Å². The molecule has 1 fully saturated rings. The first-order chi connectivity index (χ1) is 10.1. The van der Waals surface area contributed by atoms with E-state index in [1.54, 1.807) is 0 Å². The number of nitrogens with zero attached hydrogens (tertiary/aromatic N) is 1. The van der Waals surface area contributed by atoms with Crippen LogP contribution in [-0.4, -0.2) is 32.1 Å². The Hall–Kier alpha value is -0.860. The summed E-state index contributed by atoms with van der Waals surface area (Å²) in [5.41, 5.74) is 3.25. The molecular weight excluding hydrogens is 256 g/mol. The van der Waals surface area contributed by atoms with Crippen LogP contribution in [0.3, 0.4) is 0 Å². The minimum absolute atomic E-state index is 0.477. The van der Waals surface area contributed by atoms with E-state index >= 15 is 0 Å². The van der Waals surface area contributed by atoms with Gasteiger partial charge in [-0.2, -0.15) is 0 Å². The maximum Gasteiger partial charge on any atom is 0.0230 e. The molecule has 0 atom stereocenters. The van der Waals surface area contributed by atoms with Crippen LogP contribution in [0.5, 0.6) is 0 Å². The Morgan fingerprint density at radius 3 is 2.24 bits per heavy atom. The highest BCUT2D eigenvalue weighted by Gasteiger charge is 2.31. The maximum atomic E-state index is 3.46. The van der Waals surface area contributed by atoms with Crippen LogP contribution < -0.4 is 5.32 Å². The van der Waals surface area contributed by atoms with E-state index in [-0.39, 0.29) is 0 Å². The Kier molecular flexibility index (Phi) is 6.25. The molecular formula is C19H32N2. The highest BCUT2D eigenvalue weighted by molar-refractivity contribution is 5.21. The van der Waals surface area contributed by atoms with Gasteiger partial charge in [0.25, 0.3) is 0 Å². The van der Waals surface area contributed by atoms with E-state index in [4.69, 9.17) is 0 Å². The molecule has 0 spiro atoms. The number of rotatable bonds is 6. The molecule has 2 rings (SSSR count). The normalized spacial score (nSPS) is 18.7. The Labute approximate surface area is 130 Å². The van der Waals surface area contributed by atoms with E-state index in [1.165, 1.54) is 56.2 Å². The van der Waals surface area contributed by atoms with E-state index in [2.05, 4.69) is 55.5 Å². The first kappa shape index (κ1) is 16.5. The summed E-state index contributed by atoms with van der Waals surface area (Å²) in [6, 6.07) is 8.98. The molecule has 0 radical (unpaired) electrons. The molecule has 1 aromatic carbocycles. The first-order valence-electron chi connectivity index (χ1n) is 8.52.